The molecule has 0 radical (unpaired) electrons. The molecule has 0 saturated carbocycles. The van der Waals surface area contributed by atoms with E-state index in [-0.39, 0.29) is 29.2 Å². The van der Waals surface area contributed by atoms with Crippen molar-refractivity contribution in [1.82, 2.24) is 4.90 Å². The first kappa shape index (κ1) is 12.9. The molecule has 2 rings (SSSR count). The van der Waals surface area contributed by atoms with Crippen molar-refractivity contribution in [3.63, 3.8) is 0 Å². The van der Waals surface area contributed by atoms with E-state index in [4.69, 9.17) is 0 Å². The molecule has 2 aliphatic rings. The first-order valence-electron chi connectivity index (χ1n) is 6.31. The second kappa shape index (κ2) is 4.26. The number of hydrogen-bond donors (Lipinski definition) is 0. The van der Waals surface area contributed by atoms with Crippen LogP contribution in [0, 0.1) is 5.92 Å². The fourth-order valence-corrected chi connectivity index (χ4v) is 4.28. The number of hydrogen-bond acceptors (Lipinski definition) is 3. The van der Waals surface area contributed by atoms with Gasteiger partial charge in [0.2, 0.25) is 5.91 Å². The molecule has 0 aromatic heterocycles. The summed E-state index contributed by atoms with van der Waals surface area (Å²) in [4.78, 5) is 14.1. The Morgan fingerprint density at radius 1 is 1.18 bits per heavy atom. The highest BCUT2D eigenvalue weighted by molar-refractivity contribution is 7.91. The molecule has 2 aliphatic heterocycles. The van der Waals surface area contributed by atoms with Crippen LogP contribution in [0.5, 0.6) is 0 Å². The van der Waals surface area contributed by atoms with Gasteiger partial charge in [-0.05, 0) is 25.7 Å². The Hall–Kier alpha value is -0.580. The van der Waals surface area contributed by atoms with Crippen LogP contribution in [0.2, 0.25) is 0 Å². The van der Waals surface area contributed by atoms with Gasteiger partial charge in [0, 0.05) is 24.3 Å². The van der Waals surface area contributed by atoms with Crippen molar-refractivity contribution in [2.75, 3.05) is 6.26 Å². The smallest absolute Gasteiger partial charge is 0.225 e. The van der Waals surface area contributed by atoms with E-state index in [1.54, 1.807) is 0 Å². The van der Waals surface area contributed by atoms with Gasteiger partial charge in [0.05, 0.1) is 5.25 Å². The highest BCUT2D eigenvalue weighted by atomic mass is 32.2. The number of amides is 1. The summed E-state index contributed by atoms with van der Waals surface area (Å²) in [6.07, 6.45) is 4.52. The van der Waals surface area contributed by atoms with Crippen LogP contribution in [0.4, 0.5) is 0 Å². The topological polar surface area (TPSA) is 54.5 Å². The first-order chi connectivity index (χ1) is 7.80. The minimum atomic E-state index is -2.96. The largest absolute Gasteiger partial charge is 0.336 e. The maximum atomic E-state index is 12.1. The zero-order chi connectivity index (χ0) is 12.8. The molecule has 0 aromatic rings. The summed E-state index contributed by atoms with van der Waals surface area (Å²) < 4.78 is 23.2. The average molecular weight is 259 g/mol. The number of fused-ring (bicyclic) bond motifs is 2. The van der Waals surface area contributed by atoms with E-state index in [0.717, 1.165) is 12.8 Å². The van der Waals surface area contributed by atoms with Crippen LogP contribution in [0.25, 0.3) is 0 Å². The van der Waals surface area contributed by atoms with Crippen molar-refractivity contribution in [1.29, 1.82) is 0 Å². The van der Waals surface area contributed by atoms with Crippen LogP contribution in [-0.4, -0.2) is 42.8 Å². The number of piperidine rings is 1. The molecule has 0 spiro atoms. The molecular formula is C12H21NO3S. The van der Waals surface area contributed by atoms with Crippen molar-refractivity contribution < 1.29 is 13.2 Å². The maximum absolute atomic E-state index is 12.1. The van der Waals surface area contributed by atoms with Crippen molar-refractivity contribution in [3.05, 3.63) is 0 Å². The van der Waals surface area contributed by atoms with Crippen LogP contribution in [0.15, 0.2) is 0 Å². The molecule has 4 nitrogen and oxygen atoms in total. The Kier molecular flexibility index (Phi) is 3.23. The van der Waals surface area contributed by atoms with Gasteiger partial charge in [0.25, 0.3) is 0 Å². The van der Waals surface area contributed by atoms with Gasteiger partial charge in [0.15, 0.2) is 0 Å². The van der Waals surface area contributed by atoms with Crippen LogP contribution < -0.4 is 0 Å². The Morgan fingerprint density at radius 3 is 2.00 bits per heavy atom. The zero-order valence-corrected chi connectivity index (χ0v) is 11.5. The Morgan fingerprint density at radius 2 is 1.65 bits per heavy atom. The van der Waals surface area contributed by atoms with Gasteiger partial charge >= 0.3 is 0 Å². The molecule has 17 heavy (non-hydrogen) atoms. The lowest BCUT2D eigenvalue weighted by Crippen LogP contribution is -2.50. The third kappa shape index (κ3) is 2.34. The normalized spacial score (nSPS) is 33.2. The molecule has 0 aromatic carbocycles. The molecule has 98 valence electrons. The Bertz CT molecular complexity index is 401. The van der Waals surface area contributed by atoms with E-state index >= 15 is 0 Å². The summed E-state index contributed by atoms with van der Waals surface area (Å²) in [7, 11) is -2.96. The van der Waals surface area contributed by atoms with Crippen molar-refractivity contribution in [3.8, 4) is 0 Å². The van der Waals surface area contributed by atoms with Gasteiger partial charge in [-0.25, -0.2) is 8.42 Å². The van der Waals surface area contributed by atoms with Crippen LogP contribution in [0.1, 0.15) is 39.5 Å². The van der Waals surface area contributed by atoms with E-state index in [9.17, 15) is 13.2 Å². The number of rotatable bonds is 2. The van der Waals surface area contributed by atoms with E-state index < -0.39 is 9.84 Å². The Labute approximate surface area is 103 Å². The minimum Gasteiger partial charge on any atom is -0.336 e. The van der Waals surface area contributed by atoms with Gasteiger partial charge < -0.3 is 4.90 Å². The molecule has 2 bridgehead atoms. The summed E-state index contributed by atoms with van der Waals surface area (Å²) in [5, 5.41) is -0.240. The predicted octanol–water partition coefficient (Wildman–Crippen LogP) is 1.21. The molecule has 2 unspecified atom stereocenters. The van der Waals surface area contributed by atoms with Gasteiger partial charge in [-0.3, -0.25) is 4.79 Å². The summed E-state index contributed by atoms with van der Waals surface area (Å²) >= 11 is 0. The molecule has 2 atom stereocenters. The van der Waals surface area contributed by atoms with Crippen LogP contribution >= 0.6 is 0 Å². The number of nitrogens with zero attached hydrogens (tertiary/aromatic N) is 1. The minimum absolute atomic E-state index is 0.00730. The van der Waals surface area contributed by atoms with Gasteiger partial charge in [-0.1, -0.05) is 13.8 Å². The third-order valence-corrected chi connectivity index (χ3v) is 5.64. The van der Waals surface area contributed by atoms with Crippen LogP contribution in [0.3, 0.4) is 0 Å². The highest BCUT2D eigenvalue weighted by Gasteiger charge is 2.46. The fraction of sp³-hybridized carbons (Fsp3) is 0.917. The van der Waals surface area contributed by atoms with Gasteiger partial charge in [-0.2, -0.15) is 0 Å². The van der Waals surface area contributed by atoms with Crippen LogP contribution in [-0.2, 0) is 14.6 Å². The average Bonchev–Trinajstić information content (AvgIpc) is 2.45. The van der Waals surface area contributed by atoms with Crippen molar-refractivity contribution >= 4 is 15.7 Å². The van der Waals surface area contributed by atoms with Crippen molar-refractivity contribution in [2.45, 2.75) is 56.9 Å². The number of carbonyl (C=O) groups is 1. The molecule has 2 fully saturated rings. The van der Waals surface area contributed by atoms with Crippen molar-refractivity contribution in [2.24, 2.45) is 5.92 Å². The molecule has 2 heterocycles. The number of carbonyl (C=O) groups excluding carboxylic acids is 1. The molecule has 2 saturated heterocycles. The second-order valence-corrected chi connectivity index (χ2v) is 8.03. The standard InChI is InChI=1S/C12H21NO3S/c1-8(2)12(14)13-9-4-5-10(13)7-11(6-9)17(3,15)16/h8-11H,4-7H2,1-3H3. The maximum Gasteiger partial charge on any atom is 0.225 e. The van der Waals surface area contributed by atoms with Gasteiger partial charge in [0.1, 0.15) is 9.84 Å². The van der Waals surface area contributed by atoms with E-state index in [2.05, 4.69) is 0 Å². The third-order valence-electron chi connectivity index (χ3n) is 4.04. The molecular weight excluding hydrogens is 238 g/mol. The molecule has 1 amide bonds. The molecule has 0 N–H and O–H groups in total. The predicted molar refractivity (Wildman–Crippen MR) is 66.4 cm³/mol. The summed E-state index contributed by atoms with van der Waals surface area (Å²) in [5.41, 5.74) is 0. The lowest BCUT2D eigenvalue weighted by atomic mass is 10.00. The molecule has 0 aliphatic carbocycles. The summed E-state index contributed by atoms with van der Waals surface area (Å²) in [5.74, 6) is 0.192. The quantitative estimate of drug-likeness (QED) is 0.749. The molecule has 5 heteroatoms. The monoisotopic (exact) mass is 259 g/mol. The van der Waals surface area contributed by atoms with Gasteiger partial charge in [-0.15, -0.1) is 0 Å². The van der Waals surface area contributed by atoms with E-state index in [0.29, 0.717) is 12.8 Å². The first-order valence-corrected chi connectivity index (χ1v) is 8.27. The second-order valence-electron chi connectivity index (χ2n) is 5.71. The Balaban J connectivity index is 2.16. The number of sulfone groups is 1. The lowest BCUT2D eigenvalue weighted by Gasteiger charge is -2.39. The summed E-state index contributed by atoms with van der Waals surface area (Å²) in [6.45, 7) is 3.81. The van der Waals surface area contributed by atoms with E-state index in [1.165, 1.54) is 6.26 Å². The lowest BCUT2D eigenvalue weighted by molar-refractivity contribution is -0.138. The zero-order valence-electron chi connectivity index (χ0n) is 10.7. The SMILES string of the molecule is CC(C)C(=O)N1C2CCC1CC(S(C)(=O)=O)C2. The fourth-order valence-electron chi connectivity index (χ4n) is 3.13. The van der Waals surface area contributed by atoms with E-state index in [1.807, 2.05) is 18.7 Å². The highest BCUT2D eigenvalue weighted by Crippen LogP contribution is 2.38. The summed E-state index contributed by atoms with van der Waals surface area (Å²) in [6, 6.07) is 0.312.